The van der Waals surface area contributed by atoms with Gasteiger partial charge in [-0.15, -0.1) is 0 Å². The zero-order valence-corrected chi connectivity index (χ0v) is 12.7. The molecule has 0 radical (unpaired) electrons. The fourth-order valence-corrected chi connectivity index (χ4v) is 3.54. The van der Waals surface area contributed by atoms with E-state index in [1.165, 1.54) is 22.8 Å². The van der Waals surface area contributed by atoms with E-state index in [0.717, 1.165) is 24.1 Å². The molecule has 0 amide bonds. The SMILES string of the molecule is Fc1cccc([C@@H]2NC(=S)NC3=C2CCc2ccccc23)c1. The van der Waals surface area contributed by atoms with E-state index in [1.54, 1.807) is 12.1 Å². The van der Waals surface area contributed by atoms with Gasteiger partial charge in [0.1, 0.15) is 5.82 Å². The second-order valence-corrected chi connectivity index (χ2v) is 6.05. The molecule has 0 bridgehead atoms. The van der Waals surface area contributed by atoms with Crippen LogP contribution in [-0.4, -0.2) is 5.11 Å². The van der Waals surface area contributed by atoms with E-state index in [1.807, 2.05) is 12.1 Å². The van der Waals surface area contributed by atoms with Gasteiger partial charge in [-0.2, -0.15) is 0 Å². The monoisotopic (exact) mass is 310 g/mol. The molecule has 0 fully saturated rings. The van der Waals surface area contributed by atoms with E-state index in [4.69, 9.17) is 12.2 Å². The fourth-order valence-electron chi connectivity index (χ4n) is 3.32. The van der Waals surface area contributed by atoms with Gasteiger partial charge in [-0.3, -0.25) is 0 Å². The summed E-state index contributed by atoms with van der Waals surface area (Å²) < 4.78 is 13.6. The lowest BCUT2D eigenvalue weighted by atomic mass is 9.83. The normalized spacial score (nSPS) is 19.9. The molecule has 0 spiro atoms. The van der Waals surface area contributed by atoms with Crippen LogP contribution in [-0.2, 0) is 6.42 Å². The fraction of sp³-hybridized carbons (Fsp3) is 0.167. The molecule has 110 valence electrons. The third kappa shape index (κ3) is 2.20. The van der Waals surface area contributed by atoms with Crippen molar-refractivity contribution in [1.29, 1.82) is 0 Å². The van der Waals surface area contributed by atoms with Crippen molar-refractivity contribution in [1.82, 2.24) is 10.6 Å². The molecule has 0 aromatic heterocycles. The Bertz CT molecular complexity index is 797. The third-order valence-corrected chi connectivity index (χ3v) is 4.54. The molecule has 4 rings (SSSR count). The summed E-state index contributed by atoms with van der Waals surface area (Å²) >= 11 is 5.36. The Balaban J connectivity index is 1.86. The van der Waals surface area contributed by atoms with Crippen LogP contribution in [0.3, 0.4) is 0 Å². The molecule has 0 unspecified atom stereocenters. The number of nitrogens with one attached hydrogen (secondary N) is 2. The lowest BCUT2D eigenvalue weighted by Gasteiger charge is -2.35. The number of benzene rings is 2. The molecule has 0 saturated carbocycles. The number of hydrogen-bond donors (Lipinski definition) is 2. The second-order valence-electron chi connectivity index (χ2n) is 5.64. The van der Waals surface area contributed by atoms with E-state index in [9.17, 15) is 4.39 Å². The summed E-state index contributed by atoms with van der Waals surface area (Å²) in [5, 5.41) is 7.17. The van der Waals surface area contributed by atoms with Gasteiger partial charge >= 0.3 is 0 Å². The van der Waals surface area contributed by atoms with Crippen LogP contribution in [0.4, 0.5) is 4.39 Å². The summed E-state index contributed by atoms with van der Waals surface area (Å²) in [4.78, 5) is 0. The van der Waals surface area contributed by atoms with Crippen molar-refractivity contribution in [3.63, 3.8) is 0 Å². The van der Waals surface area contributed by atoms with Crippen LogP contribution in [0.5, 0.6) is 0 Å². The van der Waals surface area contributed by atoms with Gasteiger partial charge in [0.2, 0.25) is 0 Å². The summed E-state index contributed by atoms with van der Waals surface area (Å²) in [7, 11) is 0. The van der Waals surface area contributed by atoms with E-state index in [0.29, 0.717) is 5.11 Å². The third-order valence-electron chi connectivity index (χ3n) is 4.32. The molecule has 1 atom stereocenters. The quantitative estimate of drug-likeness (QED) is 0.785. The Hall–Kier alpha value is -2.20. The van der Waals surface area contributed by atoms with Gasteiger partial charge in [0.05, 0.1) is 6.04 Å². The van der Waals surface area contributed by atoms with Gasteiger partial charge in [-0.1, -0.05) is 36.4 Å². The molecule has 0 saturated heterocycles. The number of aryl methyl sites for hydroxylation is 1. The number of hydrogen-bond acceptors (Lipinski definition) is 1. The van der Waals surface area contributed by atoms with E-state index in [2.05, 4.69) is 28.8 Å². The first-order valence-electron chi connectivity index (χ1n) is 7.36. The molecule has 2 aromatic carbocycles. The second kappa shape index (κ2) is 5.21. The van der Waals surface area contributed by atoms with Gasteiger partial charge in [0.15, 0.2) is 5.11 Å². The lowest BCUT2D eigenvalue weighted by molar-refractivity contribution is 0.614. The van der Waals surface area contributed by atoms with Gasteiger partial charge in [-0.25, -0.2) is 4.39 Å². The maximum Gasteiger partial charge on any atom is 0.171 e. The van der Waals surface area contributed by atoms with Crippen LogP contribution >= 0.6 is 12.2 Å². The maximum atomic E-state index is 13.6. The lowest BCUT2D eigenvalue weighted by Crippen LogP contribution is -2.44. The van der Waals surface area contributed by atoms with E-state index >= 15 is 0 Å². The molecular weight excluding hydrogens is 295 g/mol. The van der Waals surface area contributed by atoms with E-state index < -0.39 is 0 Å². The molecule has 4 heteroatoms. The van der Waals surface area contributed by atoms with Gasteiger partial charge in [-0.05, 0) is 53.9 Å². The minimum absolute atomic E-state index is 0.0622. The molecule has 2 aromatic rings. The molecule has 1 aliphatic carbocycles. The summed E-state index contributed by atoms with van der Waals surface area (Å²) in [6, 6.07) is 15.1. The van der Waals surface area contributed by atoms with Crippen molar-refractivity contribution in [2.45, 2.75) is 18.9 Å². The molecule has 1 aliphatic heterocycles. The van der Waals surface area contributed by atoms with Crippen LogP contribution in [0.15, 0.2) is 54.1 Å². The van der Waals surface area contributed by atoms with Gasteiger partial charge < -0.3 is 10.6 Å². The topological polar surface area (TPSA) is 24.1 Å². The molecule has 2 N–H and O–H groups in total. The minimum atomic E-state index is -0.220. The Kier molecular flexibility index (Phi) is 3.19. The number of rotatable bonds is 1. The molecular formula is C18H15FN2S. The van der Waals surface area contributed by atoms with Crippen LogP contribution in [0.25, 0.3) is 5.70 Å². The predicted octanol–water partition coefficient (Wildman–Crippen LogP) is 3.70. The highest BCUT2D eigenvalue weighted by Gasteiger charge is 2.30. The average molecular weight is 310 g/mol. The average Bonchev–Trinajstić information content (AvgIpc) is 2.54. The highest BCUT2D eigenvalue weighted by molar-refractivity contribution is 7.80. The van der Waals surface area contributed by atoms with Crippen molar-refractivity contribution < 1.29 is 4.39 Å². The van der Waals surface area contributed by atoms with Crippen molar-refractivity contribution in [2.75, 3.05) is 0 Å². The van der Waals surface area contributed by atoms with Crippen LogP contribution in [0.1, 0.15) is 29.2 Å². The van der Waals surface area contributed by atoms with Crippen molar-refractivity contribution in [2.24, 2.45) is 0 Å². The van der Waals surface area contributed by atoms with Crippen molar-refractivity contribution in [3.05, 3.63) is 76.6 Å². The van der Waals surface area contributed by atoms with Crippen LogP contribution in [0.2, 0.25) is 0 Å². The predicted molar refractivity (Wildman–Crippen MR) is 89.7 cm³/mol. The molecule has 2 aliphatic rings. The van der Waals surface area contributed by atoms with Crippen LogP contribution in [0, 0.1) is 5.82 Å². The summed E-state index contributed by atoms with van der Waals surface area (Å²) in [6.07, 6.45) is 1.94. The van der Waals surface area contributed by atoms with Gasteiger partial charge in [0, 0.05) is 11.3 Å². The zero-order chi connectivity index (χ0) is 15.1. The first kappa shape index (κ1) is 13.5. The van der Waals surface area contributed by atoms with Crippen molar-refractivity contribution in [3.8, 4) is 0 Å². The highest BCUT2D eigenvalue weighted by atomic mass is 32.1. The Labute approximate surface area is 134 Å². The Morgan fingerprint density at radius 2 is 1.91 bits per heavy atom. The van der Waals surface area contributed by atoms with Crippen molar-refractivity contribution >= 4 is 23.0 Å². The standard InChI is InChI=1S/C18H15FN2S/c19-13-6-3-5-12(10-13)16-15-9-8-11-4-1-2-7-14(11)17(15)21-18(22)20-16/h1-7,10,16H,8-9H2,(H2,20,21,22)/t16-/m0/s1. The van der Waals surface area contributed by atoms with Crippen LogP contribution < -0.4 is 10.6 Å². The number of halogens is 1. The first-order chi connectivity index (χ1) is 10.7. The molecule has 2 nitrogen and oxygen atoms in total. The minimum Gasteiger partial charge on any atom is -0.352 e. The first-order valence-corrected chi connectivity index (χ1v) is 7.77. The zero-order valence-electron chi connectivity index (χ0n) is 11.9. The highest BCUT2D eigenvalue weighted by Crippen LogP contribution is 2.38. The Morgan fingerprint density at radius 1 is 1.05 bits per heavy atom. The molecule has 22 heavy (non-hydrogen) atoms. The summed E-state index contributed by atoms with van der Waals surface area (Å²) in [5.41, 5.74) is 5.78. The molecule has 1 heterocycles. The van der Waals surface area contributed by atoms with Gasteiger partial charge in [0.25, 0.3) is 0 Å². The summed E-state index contributed by atoms with van der Waals surface area (Å²) in [6.45, 7) is 0. The maximum absolute atomic E-state index is 13.6. The largest absolute Gasteiger partial charge is 0.352 e. The number of fused-ring (bicyclic) bond motifs is 2. The summed E-state index contributed by atoms with van der Waals surface area (Å²) in [5.74, 6) is -0.220. The van der Waals surface area contributed by atoms with E-state index in [-0.39, 0.29) is 11.9 Å². The smallest absolute Gasteiger partial charge is 0.171 e. The Morgan fingerprint density at radius 3 is 2.77 bits per heavy atom. The number of thiocarbonyl (C=S) groups is 1.